The predicted molar refractivity (Wildman–Crippen MR) is 93.9 cm³/mol. The highest BCUT2D eigenvalue weighted by Gasteiger charge is 2.12. The van der Waals surface area contributed by atoms with E-state index in [1.54, 1.807) is 6.07 Å². The van der Waals surface area contributed by atoms with Crippen LogP contribution >= 0.6 is 23.8 Å². The van der Waals surface area contributed by atoms with Gasteiger partial charge in [0.2, 0.25) is 4.77 Å². The number of benzene rings is 2. The molecule has 0 atom stereocenters. The van der Waals surface area contributed by atoms with Gasteiger partial charge in [-0.25, -0.2) is 5.10 Å². The van der Waals surface area contributed by atoms with Crippen LogP contribution < -0.4 is 0 Å². The predicted octanol–water partition coefficient (Wildman–Crippen LogP) is 4.05. The van der Waals surface area contributed by atoms with Crippen LogP contribution in [0.25, 0.3) is 11.4 Å². The first kappa shape index (κ1) is 16.0. The van der Waals surface area contributed by atoms with E-state index in [4.69, 9.17) is 23.8 Å². The van der Waals surface area contributed by atoms with Crippen molar-refractivity contribution in [2.24, 2.45) is 5.10 Å². The second-order valence-corrected chi connectivity index (χ2v) is 5.54. The van der Waals surface area contributed by atoms with E-state index in [-0.39, 0.29) is 10.7 Å². The van der Waals surface area contributed by atoms with Gasteiger partial charge >= 0.3 is 0 Å². The first-order valence-electron chi connectivity index (χ1n) is 6.77. The van der Waals surface area contributed by atoms with Crippen molar-refractivity contribution in [2.75, 3.05) is 0 Å². The number of aromatic amines is 1. The topological polar surface area (TPSA) is 89.1 Å². The van der Waals surface area contributed by atoms with Crippen LogP contribution in [-0.4, -0.2) is 26.0 Å². The van der Waals surface area contributed by atoms with E-state index >= 15 is 0 Å². The molecule has 24 heavy (non-hydrogen) atoms. The van der Waals surface area contributed by atoms with Gasteiger partial charge in [0.05, 0.1) is 11.1 Å². The van der Waals surface area contributed by atoms with E-state index in [0.29, 0.717) is 16.2 Å². The number of halogens is 1. The fourth-order valence-corrected chi connectivity index (χ4v) is 2.41. The summed E-state index contributed by atoms with van der Waals surface area (Å²) in [5, 5.41) is 22.1. The van der Waals surface area contributed by atoms with Gasteiger partial charge in [-0.3, -0.25) is 10.1 Å². The highest BCUT2D eigenvalue weighted by Crippen LogP contribution is 2.24. The van der Waals surface area contributed by atoms with Gasteiger partial charge < -0.3 is 0 Å². The molecule has 7 nitrogen and oxygen atoms in total. The number of rotatable bonds is 4. The van der Waals surface area contributed by atoms with Crippen molar-refractivity contribution < 1.29 is 4.92 Å². The smallest absolute Gasteiger partial charge is 0.258 e. The van der Waals surface area contributed by atoms with Crippen molar-refractivity contribution in [1.29, 1.82) is 0 Å². The van der Waals surface area contributed by atoms with Gasteiger partial charge in [-0.2, -0.15) is 14.9 Å². The number of hydrogen-bond acceptors (Lipinski definition) is 5. The van der Waals surface area contributed by atoms with E-state index in [1.807, 2.05) is 30.3 Å². The monoisotopic (exact) mass is 359 g/mol. The zero-order valence-corrected chi connectivity index (χ0v) is 13.7. The third kappa shape index (κ3) is 3.24. The number of nitrogens with zero attached hydrogens (tertiary/aromatic N) is 4. The molecule has 0 amide bonds. The van der Waals surface area contributed by atoms with Gasteiger partial charge in [-0.1, -0.05) is 48.0 Å². The summed E-state index contributed by atoms with van der Waals surface area (Å²) >= 11 is 11.0. The quantitative estimate of drug-likeness (QED) is 0.329. The molecule has 9 heteroatoms. The summed E-state index contributed by atoms with van der Waals surface area (Å²) in [4.78, 5) is 10.4. The van der Waals surface area contributed by atoms with E-state index in [1.165, 1.54) is 23.0 Å². The Morgan fingerprint density at radius 1 is 1.29 bits per heavy atom. The third-order valence-electron chi connectivity index (χ3n) is 3.17. The van der Waals surface area contributed by atoms with Crippen molar-refractivity contribution in [3.8, 4) is 11.4 Å². The Labute approximate surface area is 146 Å². The maximum Gasteiger partial charge on any atom is 0.288 e. The van der Waals surface area contributed by atoms with Crippen molar-refractivity contribution in [2.45, 2.75) is 0 Å². The maximum atomic E-state index is 10.9. The molecule has 1 N–H and O–H groups in total. The molecule has 3 rings (SSSR count). The first-order chi connectivity index (χ1) is 11.6. The number of H-pyrrole nitrogens is 1. The minimum Gasteiger partial charge on any atom is -0.258 e. The zero-order chi connectivity index (χ0) is 17.1. The van der Waals surface area contributed by atoms with E-state index in [2.05, 4.69) is 15.3 Å². The number of aromatic nitrogens is 3. The normalized spacial score (nSPS) is 11.0. The summed E-state index contributed by atoms with van der Waals surface area (Å²) in [6.07, 6.45) is 1.46. The molecule has 2 aromatic carbocycles. The van der Waals surface area contributed by atoms with Crippen molar-refractivity contribution in [3.63, 3.8) is 0 Å². The van der Waals surface area contributed by atoms with Crippen LogP contribution in [0.15, 0.2) is 53.6 Å². The highest BCUT2D eigenvalue weighted by molar-refractivity contribution is 7.71. The summed E-state index contributed by atoms with van der Waals surface area (Å²) < 4.78 is 1.76. The van der Waals surface area contributed by atoms with Crippen molar-refractivity contribution in [3.05, 3.63) is 74.0 Å². The van der Waals surface area contributed by atoms with E-state index < -0.39 is 4.92 Å². The minimum absolute atomic E-state index is 0.0713. The lowest BCUT2D eigenvalue weighted by molar-refractivity contribution is -0.384. The number of nitrogens with one attached hydrogen (secondary N) is 1. The molecule has 0 aliphatic heterocycles. The summed E-state index contributed by atoms with van der Waals surface area (Å²) in [7, 11) is 0. The largest absolute Gasteiger partial charge is 0.288 e. The molecule has 0 saturated carbocycles. The third-order valence-corrected chi connectivity index (χ3v) is 3.76. The highest BCUT2D eigenvalue weighted by atomic mass is 35.5. The summed E-state index contributed by atoms with van der Waals surface area (Å²) in [5.41, 5.74) is 1.18. The average molecular weight is 360 g/mol. The minimum atomic E-state index is -0.543. The Kier molecular flexibility index (Phi) is 4.50. The Morgan fingerprint density at radius 2 is 2.04 bits per heavy atom. The molecule has 3 aromatic rings. The van der Waals surface area contributed by atoms with Crippen LogP contribution in [0.1, 0.15) is 5.56 Å². The lowest BCUT2D eigenvalue weighted by Crippen LogP contribution is -1.96. The molecule has 0 spiro atoms. The van der Waals surface area contributed by atoms with Crippen molar-refractivity contribution in [1.82, 2.24) is 14.9 Å². The maximum absolute atomic E-state index is 10.9. The van der Waals surface area contributed by atoms with Gasteiger partial charge in [0.25, 0.3) is 5.69 Å². The van der Waals surface area contributed by atoms with Crippen LogP contribution in [0, 0.1) is 14.9 Å². The molecule has 1 aromatic heterocycles. The second-order valence-electron chi connectivity index (χ2n) is 4.74. The first-order valence-corrected chi connectivity index (χ1v) is 7.56. The Morgan fingerprint density at radius 3 is 2.75 bits per heavy atom. The van der Waals surface area contributed by atoms with Gasteiger partial charge in [0, 0.05) is 17.2 Å². The van der Waals surface area contributed by atoms with Gasteiger partial charge in [0.1, 0.15) is 5.02 Å². The molecule has 1 heterocycles. The molecule has 120 valence electrons. The van der Waals surface area contributed by atoms with E-state index in [9.17, 15) is 10.1 Å². The average Bonchev–Trinajstić information content (AvgIpc) is 2.95. The van der Waals surface area contributed by atoms with Gasteiger partial charge in [0.15, 0.2) is 5.82 Å². The molecule has 0 saturated heterocycles. The van der Waals surface area contributed by atoms with Crippen LogP contribution in [0.4, 0.5) is 5.69 Å². The van der Waals surface area contributed by atoms with Crippen LogP contribution in [0.5, 0.6) is 0 Å². The molecular weight excluding hydrogens is 350 g/mol. The molecule has 0 fully saturated rings. The molecule has 0 aliphatic carbocycles. The molecule has 0 radical (unpaired) electrons. The van der Waals surface area contributed by atoms with Crippen LogP contribution in [0.3, 0.4) is 0 Å². The fraction of sp³-hybridized carbons (Fsp3) is 0. The fourth-order valence-electron chi connectivity index (χ4n) is 2.05. The lowest BCUT2D eigenvalue weighted by Gasteiger charge is -2.01. The molecule has 0 aliphatic rings. The Hall–Kier alpha value is -2.84. The Bertz CT molecular complexity index is 981. The molecular formula is C15H10ClN5O2S. The number of nitro groups is 1. The SMILES string of the molecule is O=[N+]([O-])c1cc(/C=N\n2c(-c3ccccc3)n[nH]c2=S)ccc1Cl. The van der Waals surface area contributed by atoms with Crippen LogP contribution in [0.2, 0.25) is 5.02 Å². The number of nitro benzene ring substituents is 1. The number of hydrogen-bond donors (Lipinski definition) is 1. The summed E-state index contributed by atoms with van der Waals surface area (Å²) in [6, 6.07) is 13.8. The second kappa shape index (κ2) is 6.73. The molecule has 0 bridgehead atoms. The zero-order valence-electron chi connectivity index (χ0n) is 12.1. The standard InChI is InChI=1S/C15H10ClN5O2S/c16-12-7-6-10(8-13(12)21(22)23)9-17-20-14(18-19-15(20)24)11-4-2-1-3-5-11/h1-9H,(H,19,24)/b17-9-. The van der Waals surface area contributed by atoms with E-state index in [0.717, 1.165) is 5.56 Å². The van der Waals surface area contributed by atoms with Gasteiger partial charge in [-0.05, 0) is 18.3 Å². The summed E-state index contributed by atoms with van der Waals surface area (Å²) in [6.45, 7) is 0. The molecule has 0 unspecified atom stereocenters. The lowest BCUT2D eigenvalue weighted by atomic mass is 10.2. The summed E-state index contributed by atoms with van der Waals surface area (Å²) in [5.74, 6) is 0.542. The Balaban J connectivity index is 1.99. The van der Waals surface area contributed by atoms with Gasteiger partial charge in [-0.15, -0.1) is 0 Å². The van der Waals surface area contributed by atoms with Crippen molar-refractivity contribution >= 4 is 35.7 Å². The van der Waals surface area contributed by atoms with Crippen LogP contribution in [-0.2, 0) is 0 Å².